The highest BCUT2D eigenvalue weighted by Crippen LogP contribution is 2.18. The lowest BCUT2D eigenvalue weighted by Crippen LogP contribution is -2.34. The molecule has 28 heavy (non-hydrogen) atoms. The molecule has 1 aromatic carbocycles. The number of pyridine rings is 1. The molecule has 144 valence electrons. The summed E-state index contributed by atoms with van der Waals surface area (Å²) < 4.78 is 5.30. The topological polar surface area (TPSA) is 77.0 Å². The Morgan fingerprint density at radius 1 is 1.11 bits per heavy atom. The average Bonchev–Trinajstić information content (AvgIpc) is 2.71. The molecule has 0 aliphatic carbocycles. The van der Waals surface area contributed by atoms with Crippen molar-refractivity contribution in [3.8, 4) is 17.1 Å². The van der Waals surface area contributed by atoms with Gasteiger partial charge in [-0.25, -0.2) is 0 Å². The van der Waals surface area contributed by atoms with Crippen molar-refractivity contribution < 1.29 is 9.53 Å². The molecule has 0 fully saturated rings. The first kappa shape index (κ1) is 19.5. The van der Waals surface area contributed by atoms with Crippen molar-refractivity contribution in [1.29, 1.82) is 0 Å². The number of carbonyl (C=O) groups excluding carboxylic acids is 1. The number of aryl methyl sites for hydroxylation is 1. The summed E-state index contributed by atoms with van der Waals surface area (Å²) in [7, 11) is 0. The van der Waals surface area contributed by atoms with Gasteiger partial charge in [-0.05, 0) is 50.6 Å². The molecule has 0 saturated carbocycles. The van der Waals surface area contributed by atoms with Crippen molar-refractivity contribution >= 4 is 5.91 Å². The van der Waals surface area contributed by atoms with Crippen LogP contribution in [0.2, 0.25) is 0 Å². The van der Waals surface area contributed by atoms with Crippen LogP contribution < -0.4 is 10.1 Å². The fourth-order valence-corrected chi connectivity index (χ4v) is 2.87. The Labute approximate surface area is 165 Å². The maximum absolute atomic E-state index is 12.5. The number of rotatable bonds is 7. The van der Waals surface area contributed by atoms with E-state index in [0.717, 1.165) is 22.5 Å². The van der Waals surface area contributed by atoms with Crippen LogP contribution in [-0.2, 0) is 6.42 Å². The third-order valence-electron chi connectivity index (χ3n) is 4.37. The maximum atomic E-state index is 12.5. The third-order valence-corrected chi connectivity index (χ3v) is 4.37. The Bertz CT molecular complexity index is 924. The molecule has 0 saturated heterocycles. The van der Waals surface area contributed by atoms with E-state index in [-0.39, 0.29) is 11.9 Å². The Morgan fingerprint density at radius 3 is 2.54 bits per heavy atom. The molecule has 0 bridgehead atoms. The molecule has 6 nitrogen and oxygen atoms in total. The van der Waals surface area contributed by atoms with Crippen LogP contribution in [0.25, 0.3) is 11.3 Å². The minimum atomic E-state index is -0.106. The molecule has 3 aromatic rings. The van der Waals surface area contributed by atoms with E-state index in [2.05, 4.69) is 20.5 Å². The summed E-state index contributed by atoms with van der Waals surface area (Å²) in [6, 6.07) is 14.9. The predicted molar refractivity (Wildman–Crippen MR) is 108 cm³/mol. The monoisotopic (exact) mass is 376 g/mol. The molecule has 0 unspecified atom stereocenters. The number of nitrogens with one attached hydrogen (secondary N) is 1. The average molecular weight is 376 g/mol. The van der Waals surface area contributed by atoms with Gasteiger partial charge < -0.3 is 10.1 Å². The number of hydrogen-bond acceptors (Lipinski definition) is 5. The Balaban J connectivity index is 1.62. The van der Waals surface area contributed by atoms with Gasteiger partial charge in [-0.15, -0.1) is 10.2 Å². The van der Waals surface area contributed by atoms with Crippen molar-refractivity contribution in [3.63, 3.8) is 0 Å². The zero-order chi connectivity index (χ0) is 19.9. The number of benzene rings is 1. The number of nitrogens with zero attached hydrogens (tertiary/aromatic N) is 3. The molecule has 1 amide bonds. The Morgan fingerprint density at radius 2 is 1.89 bits per heavy atom. The van der Waals surface area contributed by atoms with Crippen LogP contribution >= 0.6 is 0 Å². The van der Waals surface area contributed by atoms with Gasteiger partial charge in [-0.2, -0.15) is 0 Å². The minimum absolute atomic E-state index is 0.0160. The van der Waals surface area contributed by atoms with Gasteiger partial charge >= 0.3 is 0 Å². The van der Waals surface area contributed by atoms with E-state index in [0.29, 0.717) is 24.5 Å². The number of amides is 1. The largest absolute Gasteiger partial charge is 0.477 e. The quantitative estimate of drug-likeness (QED) is 0.682. The summed E-state index contributed by atoms with van der Waals surface area (Å²) in [4.78, 5) is 16.9. The van der Waals surface area contributed by atoms with Crippen LogP contribution in [0.4, 0.5) is 0 Å². The van der Waals surface area contributed by atoms with Crippen LogP contribution in [0.15, 0.2) is 54.7 Å². The van der Waals surface area contributed by atoms with Crippen LogP contribution in [-0.4, -0.2) is 33.7 Å². The number of carbonyl (C=O) groups is 1. The summed E-state index contributed by atoms with van der Waals surface area (Å²) in [5.41, 5.74) is 4.36. The molecular weight excluding hydrogens is 352 g/mol. The van der Waals surface area contributed by atoms with Gasteiger partial charge in [0.2, 0.25) is 5.88 Å². The lowest BCUT2D eigenvalue weighted by molar-refractivity contribution is 0.0940. The highest BCUT2D eigenvalue weighted by atomic mass is 16.5. The molecule has 0 radical (unpaired) electrons. The van der Waals surface area contributed by atoms with Gasteiger partial charge in [0.05, 0.1) is 12.3 Å². The van der Waals surface area contributed by atoms with Crippen LogP contribution in [0.3, 0.4) is 0 Å². The summed E-state index contributed by atoms with van der Waals surface area (Å²) >= 11 is 0. The lowest BCUT2D eigenvalue weighted by atomic mass is 10.1. The van der Waals surface area contributed by atoms with Crippen molar-refractivity contribution in [3.05, 3.63) is 71.5 Å². The first-order valence-corrected chi connectivity index (χ1v) is 9.35. The van der Waals surface area contributed by atoms with Gasteiger partial charge in [-0.3, -0.25) is 9.78 Å². The molecular formula is C22H24N4O2. The first-order chi connectivity index (χ1) is 13.6. The smallest absolute Gasteiger partial charge is 0.251 e. The van der Waals surface area contributed by atoms with Crippen molar-refractivity contribution in [1.82, 2.24) is 20.5 Å². The zero-order valence-electron chi connectivity index (χ0n) is 16.3. The van der Waals surface area contributed by atoms with Crippen LogP contribution in [0, 0.1) is 6.92 Å². The van der Waals surface area contributed by atoms with E-state index < -0.39 is 0 Å². The fraction of sp³-hybridized carbons (Fsp3) is 0.273. The second kappa shape index (κ2) is 9.08. The molecule has 0 spiro atoms. The second-order valence-electron chi connectivity index (χ2n) is 6.61. The van der Waals surface area contributed by atoms with Gasteiger partial charge in [0.15, 0.2) is 0 Å². The highest BCUT2D eigenvalue weighted by Gasteiger charge is 2.12. The molecule has 0 aliphatic heterocycles. The van der Waals surface area contributed by atoms with E-state index in [1.54, 1.807) is 24.4 Å². The van der Waals surface area contributed by atoms with Gasteiger partial charge in [-0.1, -0.05) is 18.2 Å². The molecule has 3 rings (SSSR count). The molecule has 2 aromatic heterocycles. The van der Waals surface area contributed by atoms with E-state index in [1.165, 1.54) is 0 Å². The maximum Gasteiger partial charge on any atom is 0.251 e. The van der Waals surface area contributed by atoms with E-state index in [1.807, 2.05) is 51.1 Å². The molecule has 6 heteroatoms. The van der Waals surface area contributed by atoms with Gasteiger partial charge in [0.25, 0.3) is 5.91 Å². The Kier molecular flexibility index (Phi) is 6.32. The summed E-state index contributed by atoms with van der Waals surface area (Å²) in [6.07, 6.45) is 2.47. The van der Waals surface area contributed by atoms with Crippen LogP contribution in [0.5, 0.6) is 5.88 Å². The summed E-state index contributed by atoms with van der Waals surface area (Å²) in [5, 5.41) is 11.2. The zero-order valence-corrected chi connectivity index (χ0v) is 16.3. The van der Waals surface area contributed by atoms with Gasteiger partial charge in [0, 0.05) is 41.5 Å². The van der Waals surface area contributed by atoms with Crippen molar-refractivity contribution in [2.24, 2.45) is 0 Å². The number of ether oxygens (including phenoxy) is 1. The van der Waals surface area contributed by atoms with E-state index in [4.69, 9.17) is 4.74 Å². The van der Waals surface area contributed by atoms with Crippen molar-refractivity contribution in [2.75, 3.05) is 6.61 Å². The minimum Gasteiger partial charge on any atom is -0.477 e. The number of hydrogen-bond donors (Lipinski definition) is 1. The first-order valence-electron chi connectivity index (χ1n) is 9.35. The fourth-order valence-electron chi connectivity index (χ4n) is 2.87. The van der Waals surface area contributed by atoms with Crippen molar-refractivity contribution in [2.45, 2.75) is 33.2 Å². The molecule has 1 atom stereocenters. The molecule has 1 N–H and O–H groups in total. The number of aromatic nitrogens is 3. The third kappa shape index (κ3) is 4.91. The summed E-state index contributed by atoms with van der Waals surface area (Å²) in [5.74, 6) is 0.393. The normalized spacial score (nSPS) is 11.7. The standard InChI is InChI=1S/C22H24N4O2/c1-4-28-21-12-11-19(25-26-21)17-7-9-18(10-8-17)22(27)24-16(3)14-20-15(2)6-5-13-23-20/h5-13,16H,4,14H2,1-3H3,(H,24,27)/t16-/m1/s1. The van der Waals surface area contributed by atoms with E-state index >= 15 is 0 Å². The molecule has 0 aliphatic rings. The Hall–Kier alpha value is -3.28. The molecule has 2 heterocycles. The lowest BCUT2D eigenvalue weighted by Gasteiger charge is -2.15. The van der Waals surface area contributed by atoms with E-state index in [9.17, 15) is 4.79 Å². The second-order valence-corrected chi connectivity index (χ2v) is 6.61. The van der Waals surface area contributed by atoms with Gasteiger partial charge in [0.1, 0.15) is 0 Å². The SMILES string of the molecule is CCOc1ccc(-c2ccc(C(=O)N[C@H](C)Cc3ncccc3C)cc2)nn1. The summed E-state index contributed by atoms with van der Waals surface area (Å²) in [6.45, 7) is 6.46. The van der Waals surface area contributed by atoms with Crippen LogP contribution in [0.1, 0.15) is 35.5 Å². The predicted octanol–water partition coefficient (Wildman–Crippen LogP) is 3.61. The highest BCUT2D eigenvalue weighted by molar-refractivity contribution is 5.94.